The molecule has 0 aromatic carbocycles. The van der Waals surface area contributed by atoms with Gasteiger partial charge in [0.15, 0.2) is 0 Å². The van der Waals surface area contributed by atoms with E-state index in [-0.39, 0.29) is 5.91 Å². The molecule has 2 aromatic heterocycles. The van der Waals surface area contributed by atoms with Gasteiger partial charge in [0.05, 0.1) is 35.4 Å². The van der Waals surface area contributed by atoms with Crippen molar-refractivity contribution >= 4 is 11.6 Å². The molecule has 18 heavy (non-hydrogen) atoms. The maximum absolute atomic E-state index is 11.9. The zero-order valence-corrected chi connectivity index (χ0v) is 9.92. The summed E-state index contributed by atoms with van der Waals surface area (Å²) in [6, 6.07) is 5.16. The lowest BCUT2D eigenvalue weighted by Gasteiger charge is -2.07. The third-order valence-corrected chi connectivity index (χ3v) is 2.41. The maximum atomic E-state index is 11.9. The molecule has 2 rings (SSSR count). The van der Waals surface area contributed by atoms with E-state index in [4.69, 9.17) is 5.73 Å². The zero-order valence-electron chi connectivity index (χ0n) is 9.92. The van der Waals surface area contributed by atoms with Crippen LogP contribution in [0.3, 0.4) is 0 Å². The van der Waals surface area contributed by atoms with Gasteiger partial charge < -0.3 is 11.1 Å². The fourth-order valence-electron chi connectivity index (χ4n) is 1.47. The Balaban J connectivity index is 2.06. The maximum Gasteiger partial charge on any atom is 0.253 e. The van der Waals surface area contributed by atoms with E-state index in [0.29, 0.717) is 29.2 Å². The summed E-state index contributed by atoms with van der Waals surface area (Å²) in [5, 5.41) is 10.4. The van der Waals surface area contributed by atoms with Crippen LogP contribution >= 0.6 is 0 Å². The van der Waals surface area contributed by atoms with Crippen molar-refractivity contribution in [2.75, 3.05) is 5.73 Å². The molecule has 0 aliphatic rings. The molecule has 1 amide bonds. The van der Waals surface area contributed by atoms with Crippen LogP contribution in [0.4, 0.5) is 5.69 Å². The highest BCUT2D eigenvalue weighted by atomic mass is 16.1. The first kappa shape index (κ1) is 12.0. The van der Waals surface area contributed by atoms with Crippen molar-refractivity contribution in [2.45, 2.75) is 13.5 Å². The molecule has 0 saturated heterocycles. The smallest absolute Gasteiger partial charge is 0.253 e. The van der Waals surface area contributed by atoms with Crippen molar-refractivity contribution in [1.82, 2.24) is 20.5 Å². The van der Waals surface area contributed by atoms with E-state index in [9.17, 15) is 4.79 Å². The molecule has 0 radical (unpaired) electrons. The van der Waals surface area contributed by atoms with E-state index in [1.54, 1.807) is 31.3 Å². The van der Waals surface area contributed by atoms with Crippen molar-refractivity contribution in [1.29, 1.82) is 0 Å². The fraction of sp³-hybridized carbons (Fsp3) is 0.167. The number of pyridine rings is 1. The summed E-state index contributed by atoms with van der Waals surface area (Å²) < 4.78 is 0. The number of nitrogen functional groups attached to an aromatic ring is 1. The SMILES string of the molecule is Cc1ncc(N)cc1C(=O)NCc1cccnn1. The fourth-order valence-corrected chi connectivity index (χ4v) is 1.47. The number of nitrogens with zero attached hydrogens (tertiary/aromatic N) is 3. The number of anilines is 1. The molecule has 92 valence electrons. The van der Waals surface area contributed by atoms with Gasteiger partial charge in [0, 0.05) is 6.20 Å². The van der Waals surface area contributed by atoms with Crippen LogP contribution in [0.2, 0.25) is 0 Å². The van der Waals surface area contributed by atoms with Gasteiger partial charge in [-0.15, -0.1) is 0 Å². The summed E-state index contributed by atoms with van der Waals surface area (Å²) in [5.41, 5.74) is 7.88. The van der Waals surface area contributed by atoms with Gasteiger partial charge in [-0.3, -0.25) is 9.78 Å². The van der Waals surface area contributed by atoms with Crippen LogP contribution in [0.5, 0.6) is 0 Å². The van der Waals surface area contributed by atoms with Crippen molar-refractivity contribution in [3.05, 3.63) is 47.5 Å². The Morgan fingerprint density at radius 3 is 3.06 bits per heavy atom. The van der Waals surface area contributed by atoms with Crippen molar-refractivity contribution in [3.8, 4) is 0 Å². The number of nitrogens with two attached hydrogens (primary N) is 1. The summed E-state index contributed by atoms with van der Waals surface area (Å²) in [4.78, 5) is 16.0. The highest BCUT2D eigenvalue weighted by Gasteiger charge is 2.10. The Hall–Kier alpha value is -2.50. The van der Waals surface area contributed by atoms with E-state index in [1.165, 1.54) is 6.20 Å². The lowest BCUT2D eigenvalue weighted by molar-refractivity contribution is 0.0949. The monoisotopic (exact) mass is 243 g/mol. The molecule has 0 aliphatic heterocycles. The summed E-state index contributed by atoms with van der Waals surface area (Å²) in [5.74, 6) is -0.224. The molecule has 0 fully saturated rings. The van der Waals surface area contributed by atoms with Crippen LogP contribution in [0, 0.1) is 6.92 Å². The van der Waals surface area contributed by atoms with Gasteiger partial charge in [0.2, 0.25) is 0 Å². The lowest BCUT2D eigenvalue weighted by atomic mass is 10.2. The van der Waals surface area contributed by atoms with Gasteiger partial charge in [-0.1, -0.05) is 0 Å². The first-order valence-electron chi connectivity index (χ1n) is 5.43. The lowest BCUT2D eigenvalue weighted by Crippen LogP contribution is -2.24. The number of nitrogens with one attached hydrogen (secondary N) is 1. The molecular formula is C12H13N5O. The third kappa shape index (κ3) is 2.79. The first-order valence-corrected chi connectivity index (χ1v) is 5.43. The molecule has 0 bridgehead atoms. The van der Waals surface area contributed by atoms with Gasteiger partial charge in [0.25, 0.3) is 5.91 Å². The summed E-state index contributed by atoms with van der Waals surface area (Å²) >= 11 is 0. The Labute approximate surface area is 104 Å². The second-order valence-corrected chi connectivity index (χ2v) is 3.80. The van der Waals surface area contributed by atoms with E-state index < -0.39 is 0 Å². The quantitative estimate of drug-likeness (QED) is 0.827. The second kappa shape index (κ2) is 5.22. The van der Waals surface area contributed by atoms with E-state index in [2.05, 4.69) is 20.5 Å². The van der Waals surface area contributed by atoms with Crippen molar-refractivity contribution in [2.24, 2.45) is 0 Å². The number of carbonyl (C=O) groups is 1. The molecule has 6 nitrogen and oxygen atoms in total. The Bertz CT molecular complexity index is 556. The number of hydrogen-bond donors (Lipinski definition) is 2. The third-order valence-electron chi connectivity index (χ3n) is 2.41. The number of amides is 1. The molecule has 0 saturated carbocycles. The Morgan fingerprint density at radius 1 is 1.50 bits per heavy atom. The van der Waals surface area contributed by atoms with Gasteiger partial charge >= 0.3 is 0 Å². The number of carbonyl (C=O) groups excluding carboxylic acids is 1. The van der Waals surface area contributed by atoms with Gasteiger partial charge in [-0.05, 0) is 25.1 Å². The highest BCUT2D eigenvalue weighted by Crippen LogP contribution is 2.09. The van der Waals surface area contributed by atoms with E-state index >= 15 is 0 Å². The minimum Gasteiger partial charge on any atom is -0.397 e. The molecule has 0 unspecified atom stereocenters. The molecule has 0 spiro atoms. The topological polar surface area (TPSA) is 93.8 Å². The molecule has 2 aromatic rings. The van der Waals surface area contributed by atoms with Crippen LogP contribution in [-0.2, 0) is 6.54 Å². The molecule has 2 heterocycles. The molecule has 3 N–H and O–H groups in total. The predicted molar refractivity (Wildman–Crippen MR) is 66.6 cm³/mol. The summed E-state index contributed by atoms with van der Waals surface area (Å²) in [7, 11) is 0. The summed E-state index contributed by atoms with van der Waals surface area (Å²) in [6.45, 7) is 2.08. The highest BCUT2D eigenvalue weighted by molar-refractivity contribution is 5.95. The Kier molecular flexibility index (Phi) is 3.47. The number of aryl methyl sites for hydroxylation is 1. The van der Waals surface area contributed by atoms with Gasteiger partial charge in [0.1, 0.15) is 0 Å². The minimum absolute atomic E-state index is 0.224. The second-order valence-electron chi connectivity index (χ2n) is 3.80. The average Bonchev–Trinajstić information content (AvgIpc) is 2.40. The standard InChI is InChI=1S/C12H13N5O/c1-8-11(5-9(13)6-14-8)12(18)15-7-10-3-2-4-16-17-10/h2-6H,7,13H2,1H3,(H,15,18). The number of rotatable bonds is 3. The number of hydrogen-bond acceptors (Lipinski definition) is 5. The molecular weight excluding hydrogens is 230 g/mol. The molecule has 6 heteroatoms. The van der Waals surface area contributed by atoms with Crippen LogP contribution in [-0.4, -0.2) is 21.1 Å². The summed E-state index contributed by atoms with van der Waals surface area (Å²) in [6.07, 6.45) is 3.10. The normalized spacial score (nSPS) is 10.1. The molecule has 0 atom stereocenters. The molecule has 0 aliphatic carbocycles. The van der Waals surface area contributed by atoms with Crippen LogP contribution < -0.4 is 11.1 Å². The zero-order chi connectivity index (χ0) is 13.0. The van der Waals surface area contributed by atoms with Crippen molar-refractivity contribution < 1.29 is 4.79 Å². The van der Waals surface area contributed by atoms with Crippen LogP contribution in [0.15, 0.2) is 30.6 Å². The Morgan fingerprint density at radius 2 is 2.33 bits per heavy atom. The van der Waals surface area contributed by atoms with Crippen molar-refractivity contribution in [3.63, 3.8) is 0 Å². The van der Waals surface area contributed by atoms with E-state index in [0.717, 1.165) is 0 Å². The van der Waals surface area contributed by atoms with E-state index in [1.807, 2.05) is 0 Å². The van der Waals surface area contributed by atoms with Gasteiger partial charge in [-0.2, -0.15) is 10.2 Å². The first-order chi connectivity index (χ1) is 8.66. The largest absolute Gasteiger partial charge is 0.397 e. The van der Waals surface area contributed by atoms with Crippen LogP contribution in [0.25, 0.3) is 0 Å². The van der Waals surface area contributed by atoms with Gasteiger partial charge in [-0.25, -0.2) is 0 Å². The minimum atomic E-state index is -0.224. The van der Waals surface area contributed by atoms with Crippen LogP contribution in [0.1, 0.15) is 21.7 Å². The number of aromatic nitrogens is 3. The predicted octanol–water partition coefficient (Wildman–Crippen LogP) is 0.692. The average molecular weight is 243 g/mol.